The average molecular weight is 360 g/mol. The molecule has 1 aromatic carbocycles. The Labute approximate surface area is 151 Å². The largest absolute Gasteiger partial charge is 0.337 e. The van der Waals surface area contributed by atoms with Crippen molar-refractivity contribution < 1.29 is 4.79 Å². The Morgan fingerprint density at radius 2 is 1.96 bits per heavy atom. The van der Waals surface area contributed by atoms with Gasteiger partial charge in [-0.3, -0.25) is 4.79 Å². The van der Waals surface area contributed by atoms with Gasteiger partial charge in [0.25, 0.3) is 5.91 Å². The summed E-state index contributed by atoms with van der Waals surface area (Å²) in [4.78, 5) is 16.9. The molecule has 0 aromatic heterocycles. The first-order chi connectivity index (χ1) is 10.1. The lowest BCUT2D eigenvalue weighted by Gasteiger charge is -2.24. The topological polar surface area (TPSA) is 35.6 Å². The summed E-state index contributed by atoms with van der Waals surface area (Å²) in [5.74, 6) is 0.185. The molecule has 6 heteroatoms. The maximum absolute atomic E-state index is 12.8. The van der Waals surface area contributed by atoms with Gasteiger partial charge in [0.2, 0.25) is 0 Å². The zero-order chi connectivity index (χ0) is 14.8. The van der Waals surface area contributed by atoms with Gasteiger partial charge in [0.1, 0.15) is 0 Å². The van der Waals surface area contributed by atoms with E-state index in [9.17, 15) is 4.79 Å². The van der Waals surface area contributed by atoms with E-state index in [1.54, 1.807) is 0 Å². The summed E-state index contributed by atoms with van der Waals surface area (Å²) in [5.41, 5.74) is 2.02. The summed E-state index contributed by atoms with van der Waals surface area (Å²) in [6, 6.07) is 9.17. The number of likely N-dealkylation sites (tertiary alicyclic amines) is 1. The molecule has 2 aliphatic heterocycles. The molecule has 1 aromatic rings. The molecule has 0 spiro atoms. The van der Waals surface area contributed by atoms with Gasteiger partial charge in [0.05, 0.1) is 0 Å². The average Bonchev–Trinajstić information content (AvgIpc) is 2.77. The predicted molar refractivity (Wildman–Crippen MR) is 98.8 cm³/mol. The van der Waals surface area contributed by atoms with Crippen molar-refractivity contribution in [3.8, 4) is 0 Å². The van der Waals surface area contributed by atoms with Crippen molar-refractivity contribution in [3.63, 3.8) is 0 Å². The van der Waals surface area contributed by atoms with E-state index in [0.29, 0.717) is 12.1 Å². The normalized spacial score (nSPS) is 23.0. The van der Waals surface area contributed by atoms with Crippen molar-refractivity contribution in [2.45, 2.75) is 37.9 Å². The van der Waals surface area contributed by atoms with E-state index in [0.717, 1.165) is 31.6 Å². The molecule has 1 N–H and O–H groups in total. The van der Waals surface area contributed by atoms with Crippen molar-refractivity contribution in [3.05, 3.63) is 35.4 Å². The first-order valence-corrected chi connectivity index (χ1v) is 7.91. The van der Waals surface area contributed by atoms with Crippen LogP contribution in [0.2, 0.25) is 0 Å². The summed E-state index contributed by atoms with van der Waals surface area (Å²) < 4.78 is 0. The summed E-state index contributed by atoms with van der Waals surface area (Å²) >= 11 is 0. The van der Waals surface area contributed by atoms with Gasteiger partial charge in [0.15, 0.2) is 0 Å². The molecule has 2 heterocycles. The van der Waals surface area contributed by atoms with Crippen molar-refractivity contribution in [2.24, 2.45) is 0 Å². The number of benzene rings is 1. The number of halogens is 2. The third-order valence-electron chi connectivity index (χ3n) is 4.48. The molecule has 4 nitrogen and oxygen atoms in total. The van der Waals surface area contributed by atoms with Gasteiger partial charge in [-0.15, -0.1) is 24.8 Å². The Balaban J connectivity index is 0.00000132. The van der Waals surface area contributed by atoms with Gasteiger partial charge < -0.3 is 15.1 Å². The molecule has 0 aliphatic carbocycles. The van der Waals surface area contributed by atoms with E-state index in [4.69, 9.17) is 0 Å². The highest BCUT2D eigenvalue weighted by molar-refractivity contribution is 5.94. The molecule has 0 radical (unpaired) electrons. The van der Waals surface area contributed by atoms with E-state index in [1.165, 1.54) is 18.4 Å². The predicted octanol–water partition coefficient (Wildman–Crippen LogP) is 2.56. The highest BCUT2D eigenvalue weighted by Crippen LogP contribution is 2.21. The van der Waals surface area contributed by atoms with E-state index in [2.05, 4.69) is 16.3 Å². The Kier molecular flexibility index (Phi) is 7.81. The highest BCUT2D eigenvalue weighted by atomic mass is 35.5. The van der Waals surface area contributed by atoms with Gasteiger partial charge in [-0.05, 0) is 51.1 Å². The molecule has 2 unspecified atom stereocenters. The minimum atomic E-state index is 0. The summed E-state index contributed by atoms with van der Waals surface area (Å²) in [6.45, 7) is 2.60. The Morgan fingerprint density at radius 1 is 1.22 bits per heavy atom. The van der Waals surface area contributed by atoms with Gasteiger partial charge in [-0.2, -0.15) is 0 Å². The quantitative estimate of drug-likeness (QED) is 0.900. The highest BCUT2D eigenvalue weighted by Gasteiger charge is 2.31. The maximum Gasteiger partial charge on any atom is 0.253 e. The molecule has 1 amide bonds. The lowest BCUT2D eigenvalue weighted by atomic mass is 10.1. The first kappa shape index (κ1) is 20.2. The molecular weight excluding hydrogens is 333 g/mol. The zero-order valence-corrected chi connectivity index (χ0v) is 15.5. The SMILES string of the molecule is CN(C)Cc1cccc(C(=O)N2CCC3CCC(C2)N3)c1.Cl.Cl. The van der Waals surface area contributed by atoms with E-state index in [-0.39, 0.29) is 30.7 Å². The number of rotatable bonds is 3. The van der Waals surface area contributed by atoms with Crippen molar-refractivity contribution in [1.29, 1.82) is 0 Å². The van der Waals surface area contributed by atoms with Crippen LogP contribution in [0.15, 0.2) is 24.3 Å². The molecule has 2 aliphatic rings. The minimum Gasteiger partial charge on any atom is -0.337 e. The number of fused-ring (bicyclic) bond motifs is 2. The fraction of sp³-hybridized carbons (Fsp3) is 0.588. The molecule has 2 saturated heterocycles. The van der Waals surface area contributed by atoms with Gasteiger partial charge in [-0.1, -0.05) is 12.1 Å². The fourth-order valence-corrected chi connectivity index (χ4v) is 3.48. The van der Waals surface area contributed by atoms with Crippen LogP contribution in [0.4, 0.5) is 0 Å². The van der Waals surface area contributed by atoms with E-state index < -0.39 is 0 Å². The van der Waals surface area contributed by atoms with E-state index >= 15 is 0 Å². The Morgan fingerprint density at radius 3 is 2.70 bits per heavy atom. The van der Waals surface area contributed by atoms with Crippen molar-refractivity contribution in [1.82, 2.24) is 15.1 Å². The van der Waals surface area contributed by atoms with Crippen LogP contribution < -0.4 is 5.32 Å². The molecular formula is C17H27Cl2N3O. The van der Waals surface area contributed by atoms with E-state index in [1.807, 2.05) is 37.2 Å². The molecule has 3 rings (SSSR count). The van der Waals surface area contributed by atoms with Crippen LogP contribution in [0.1, 0.15) is 35.2 Å². The number of nitrogens with one attached hydrogen (secondary N) is 1. The van der Waals surface area contributed by atoms with Crippen molar-refractivity contribution >= 4 is 30.7 Å². The van der Waals surface area contributed by atoms with Crippen LogP contribution in [-0.4, -0.2) is 55.0 Å². The molecule has 130 valence electrons. The maximum atomic E-state index is 12.8. The number of carbonyl (C=O) groups excluding carboxylic acids is 1. The van der Waals surface area contributed by atoms with Crippen LogP contribution in [-0.2, 0) is 6.54 Å². The number of nitrogens with zero attached hydrogens (tertiary/aromatic N) is 2. The molecule has 2 atom stereocenters. The van der Waals surface area contributed by atoms with Crippen molar-refractivity contribution in [2.75, 3.05) is 27.2 Å². The lowest BCUT2D eigenvalue weighted by molar-refractivity contribution is 0.0748. The molecule has 23 heavy (non-hydrogen) atoms. The molecule has 2 fully saturated rings. The standard InChI is InChI=1S/C17H25N3O.2ClH/c1-19(2)11-13-4-3-5-14(10-13)17(21)20-9-8-15-6-7-16(12-20)18-15;;/h3-5,10,15-16,18H,6-9,11-12H2,1-2H3;2*1H. The monoisotopic (exact) mass is 359 g/mol. The second kappa shape index (κ2) is 8.88. The second-order valence-corrected chi connectivity index (χ2v) is 6.62. The number of hydrogen-bond acceptors (Lipinski definition) is 3. The van der Waals surface area contributed by atoms with Crippen LogP contribution in [0.25, 0.3) is 0 Å². The first-order valence-electron chi connectivity index (χ1n) is 7.91. The Bertz CT molecular complexity index is 524. The number of amides is 1. The summed E-state index contributed by atoms with van der Waals surface area (Å²) in [7, 11) is 4.09. The number of carbonyl (C=O) groups is 1. The van der Waals surface area contributed by atoms with Crippen LogP contribution in [0, 0.1) is 0 Å². The fourth-order valence-electron chi connectivity index (χ4n) is 3.48. The second-order valence-electron chi connectivity index (χ2n) is 6.62. The van der Waals surface area contributed by atoms with Crippen LogP contribution >= 0.6 is 24.8 Å². The molecule has 2 bridgehead atoms. The number of hydrogen-bond donors (Lipinski definition) is 1. The smallest absolute Gasteiger partial charge is 0.253 e. The Hall–Kier alpha value is -0.810. The minimum absolute atomic E-state index is 0. The third-order valence-corrected chi connectivity index (χ3v) is 4.48. The zero-order valence-electron chi connectivity index (χ0n) is 13.8. The van der Waals surface area contributed by atoms with Gasteiger partial charge in [0, 0.05) is 37.3 Å². The van der Waals surface area contributed by atoms with Gasteiger partial charge in [-0.25, -0.2) is 0 Å². The summed E-state index contributed by atoms with van der Waals surface area (Å²) in [6.07, 6.45) is 3.56. The van der Waals surface area contributed by atoms with Crippen LogP contribution in [0.3, 0.4) is 0 Å². The van der Waals surface area contributed by atoms with Gasteiger partial charge >= 0.3 is 0 Å². The lowest BCUT2D eigenvalue weighted by Crippen LogP contribution is -2.39. The third kappa shape index (κ3) is 5.08. The summed E-state index contributed by atoms with van der Waals surface area (Å²) in [5, 5.41) is 3.63. The molecule has 0 saturated carbocycles. The van der Waals surface area contributed by atoms with Crippen LogP contribution in [0.5, 0.6) is 0 Å².